The van der Waals surface area contributed by atoms with Crippen LogP contribution in [-0.2, 0) is 5.75 Å². The van der Waals surface area contributed by atoms with E-state index in [1.807, 2.05) is 56.3 Å². The molecule has 0 aliphatic rings. The molecule has 0 atom stereocenters. The zero-order valence-corrected chi connectivity index (χ0v) is 15.3. The summed E-state index contributed by atoms with van der Waals surface area (Å²) in [5, 5.41) is 8.83. The van der Waals surface area contributed by atoms with E-state index in [9.17, 15) is 4.79 Å². The van der Waals surface area contributed by atoms with Crippen molar-refractivity contribution in [1.82, 2.24) is 15.2 Å². The number of benzene rings is 2. The van der Waals surface area contributed by atoms with Crippen LogP contribution in [-0.4, -0.2) is 15.2 Å². The average molecular weight is 363 g/mol. The van der Waals surface area contributed by atoms with E-state index in [0.717, 1.165) is 27.9 Å². The van der Waals surface area contributed by atoms with E-state index in [1.54, 1.807) is 0 Å². The van der Waals surface area contributed by atoms with Gasteiger partial charge in [-0.15, -0.1) is 5.10 Å². The lowest BCUT2D eigenvalue weighted by molar-refractivity contribution is 0.559. The Bertz CT molecular complexity index is 1130. The summed E-state index contributed by atoms with van der Waals surface area (Å²) in [5.74, 6) is 1.33. The Hall–Kier alpha value is -2.86. The Morgan fingerprint density at radius 3 is 2.62 bits per heavy atom. The molecule has 6 heteroatoms. The fraction of sp³-hybridized carbons (Fsp3) is 0.150. The van der Waals surface area contributed by atoms with Gasteiger partial charge in [0.15, 0.2) is 5.82 Å². The van der Waals surface area contributed by atoms with Gasteiger partial charge in [0.25, 0.3) is 0 Å². The molecule has 2 heterocycles. The van der Waals surface area contributed by atoms with Crippen molar-refractivity contribution in [3.8, 4) is 11.4 Å². The monoisotopic (exact) mass is 363 g/mol. The highest BCUT2D eigenvalue weighted by Crippen LogP contribution is 2.26. The number of H-pyrrole nitrogens is 1. The third-order valence-corrected chi connectivity index (χ3v) is 5.03. The molecule has 0 amide bonds. The summed E-state index contributed by atoms with van der Waals surface area (Å²) in [6, 6.07) is 15.5. The van der Waals surface area contributed by atoms with E-state index in [2.05, 4.69) is 15.2 Å². The number of aryl methyl sites for hydroxylation is 2. The summed E-state index contributed by atoms with van der Waals surface area (Å²) in [6.45, 7) is 4.02. The standard InChI is InChI=1S/C20H17N3O2S/c1-12-3-6-14(7-4-12)19-21-20(23-22-19)26-11-15-10-18(24)25-17-9-13(2)5-8-16(15)17/h3-10H,11H2,1-2H3,(H,21,22,23). The van der Waals surface area contributed by atoms with Gasteiger partial charge in [-0.1, -0.05) is 53.7 Å². The van der Waals surface area contributed by atoms with E-state index in [1.165, 1.54) is 23.4 Å². The lowest BCUT2D eigenvalue weighted by Gasteiger charge is -2.04. The van der Waals surface area contributed by atoms with Crippen molar-refractivity contribution in [2.45, 2.75) is 24.8 Å². The van der Waals surface area contributed by atoms with Gasteiger partial charge in [0.05, 0.1) is 0 Å². The van der Waals surface area contributed by atoms with Crippen molar-refractivity contribution in [2.24, 2.45) is 0 Å². The Kier molecular flexibility index (Phi) is 4.34. The molecule has 0 radical (unpaired) electrons. The zero-order chi connectivity index (χ0) is 18.1. The first-order valence-corrected chi connectivity index (χ1v) is 9.23. The Morgan fingerprint density at radius 1 is 1.04 bits per heavy atom. The van der Waals surface area contributed by atoms with Gasteiger partial charge in [0, 0.05) is 22.8 Å². The van der Waals surface area contributed by atoms with Gasteiger partial charge >= 0.3 is 5.63 Å². The van der Waals surface area contributed by atoms with Crippen LogP contribution in [0.15, 0.2) is 62.9 Å². The number of hydrogen-bond donors (Lipinski definition) is 1. The van der Waals surface area contributed by atoms with Crippen molar-refractivity contribution >= 4 is 22.7 Å². The topological polar surface area (TPSA) is 71.8 Å². The molecular formula is C20H17N3O2S. The molecule has 5 nitrogen and oxygen atoms in total. The van der Waals surface area contributed by atoms with Gasteiger partial charge in [-0.3, -0.25) is 5.10 Å². The molecule has 0 aliphatic heterocycles. The molecule has 4 rings (SSSR count). The van der Waals surface area contributed by atoms with E-state index < -0.39 is 0 Å². The fourth-order valence-electron chi connectivity index (χ4n) is 2.75. The Balaban J connectivity index is 1.57. The van der Waals surface area contributed by atoms with E-state index >= 15 is 0 Å². The van der Waals surface area contributed by atoms with Crippen LogP contribution in [0.2, 0.25) is 0 Å². The number of aromatic nitrogens is 3. The molecule has 4 aromatic rings. The van der Waals surface area contributed by atoms with Crippen LogP contribution in [0.5, 0.6) is 0 Å². The molecule has 0 unspecified atom stereocenters. The fourth-order valence-corrected chi connectivity index (χ4v) is 3.54. The van der Waals surface area contributed by atoms with Crippen molar-refractivity contribution in [2.75, 3.05) is 0 Å². The summed E-state index contributed by atoms with van der Waals surface area (Å²) < 4.78 is 5.30. The van der Waals surface area contributed by atoms with Crippen molar-refractivity contribution in [3.05, 3.63) is 75.6 Å². The van der Waals surface area contributed by atoms with Gasteiger partial charge in [-0.05, 0) is 31.0 Å². The number of fused-ring (bicyclic) bond motifs is 1. The van der Waals surface area contributed by atoms with Crippen molar-refractivity contribution in [3.63, 3.8) is 0 Å². The van der Waals surface area contributed by atoms with E-state index in [0.29, 0.717) is 16.5 Å². The maximum atomic E-state index is 11.8. The molecule has 0 aliphatic carbocycles. The molecule has 0 spiro atoms. The molecular weight excluding hydrogens is 346 g/mol. The third kappa shape index (κ3) is 3.41. The Labute approximate surface area is 154 Å². The van der Waals surface area contributed by atoms with Crippen LogP contribution in [0.1, 0.15) is 16.7 Å². The number of hydrogen-bond acceptors (Lipinski definition) is 5. The second-order valence-electron chi connectivity index (χ2n) is 6.21. The minimum Gasteiger partial charge on any atom is -0.423 e. The predicted octanol–water partition coefficient (Wildman–Crippen LogP) is 4.49. The minimum absolute atomic E-state index is 0.339. The highest BCUT2D eigenvalue weighted by Gasteiger charge is 2.10. The number of nitrogens with zero attached hydrogens (tertiary/aromatic N) is 2. The molecule has 0 bridgehead atoms. The van der Waals surface area contributed by atoms with Gasteiger partial charge in [-0.25, -0.2) is 9.78 Å². The number of thioether (sulfide) groups is 1. The molecule has 0 saturated heterocycles. The lowest BCUT2D eigenvalue weighted by atomic mass is 10.1. The SMILES string of the molecule is Cc1ccc(-c2nc(SCc3cc(=O)oc4cc(C)ccc34)n[nH]2)cc1. The maximum absolute atomic E-state index is 11.8. The van der Waals surface area contributed by atoms with Crippen LogP contribution in [0, 0.1) is 13.8 Å². The van der Waals surface area contributed by atoms with E-state index in [-0.39, 0.29) is 5.63 Å². The number of nitrogens with one attached hydrogen (secondary N) is 1. The Morgan fingerprint density at radius 2 is 1.81 bits per heavy atom. The van der Waals surface area contributed by atoms with Crippen LogP contribution < -0.4 is 5.63 Å². The quantitative estimate of drug-likeness (QED) is 0.427. The maximum Gasteiger partial charge on any atom is 0.336 e. The van der Waals surface area contributed by atoms with Gasteiger partial charge in [0.1, 0.15) is 5.58 Å². The molecule has 0 fully saturated rings. The van der Waals surface area contributed by atoms with E-state index in [4.69, 9.17) is 4.42 Å². The summed E-state index contributed by atoms with van der Waals surface area (Å²) in [5.41, 5.74) is 4.45. The largest absolute Gasteiger partial charge is 0.423 e. The lowest BCUT2D eigenvalue weighted by Crippen LogP contribution is -2.00. The molecule has 130 valence electrons. The first-order chi connectivity index (χ1) is 12.6. The molecule has 0 saturated carbocycles. The molecule has 2 aromatic carbocycles. The minimum atomic E-state index is -0.339. The van der Waals surface area contributed by atoms with Gasteiger partial charge in [0.2, 0.25) is 5.16 Å². The molecule has 1 N–H and O–H groups in total. The second kappa shape index (κ2) is 6.80. The first kappa shape index (κ1) is 16.6. The van der Waals surface area contributed by atoms with Crippen LogP contribution in [0.3, 0.4) is 0 Å². The van der Waals surface area contributed by atoms with Gasteiger partial charge < -0.3 is 4.42 Å². The highest BCUT2D eigenvalue weighted by molar-refractivity contribution is 7.98. The number of aromatic amines is 1. The summed E-state index contributed by atoms with van der Waals surface area (Å²) in [6.07, 6.45) is 0. The smallest absolute Gasteiger partial charge is 0.336 e. The summed E-state index contributed by atoms with van der Waals surface area (Å²) in [4.78, 5) is 16.4. The van der Waals surface area contributed by atoms with Crippen molar-refractivity contribution in [1.29, 1.82) is 0 Å². The first-order valence-electron chi connectivity index (χ1n) is 8.24. The third-order valence-electron chi connectivity index (χ3n) is 4.13. The average Bonchev–Trinajstić information content (AvgIpc) is 3.08. The molecule has 2 aromatic heterocycles. The second-order valence-corrected chi connectivity index (χ2v) is 7.15. The number of rotatable bonds is 4. The normalized spacial score (nSPS) is 11.2. The predicted molar refractivity (Wildman–Crippen MR) is 103 cm³/mol. The van der Waals surface area contributed by atoms with Crippen molar-refractivity contribution < 1.29 is 4.42 Å². The summed E-state index contributed by atoms with van der Waals surface area (Å²) in [7, 11) is 0. The van der Waals surface area contributed by atoms with Crippen LogP contribution >= 0.6 is 11.8 Å². The molecule has 26 heavy (non-hydrogen) atoms. The van der Waals surface area contributed by atoms with Gasteiger partial charge in [-0.2, -0.15) is 0 Å². The summed E-state index contributed by atoms with van der Waals surface area (Å²) >= 11 is 1.49. The zero-order valence-electron chi connectivity index (χ0n) is 14.4. The highest BCUT2D eigenvalue weighted by atomic mass is 32.2. The van der Waals surface area contributed by atoms with Crippen LogP contribution in [0.4, 0.5) is 0 Å². The van der Waals surface area contributed by atoms with Crippen LogP contribution in [0.25, 0.3) is 22.4 Å².